The van der Waals surface area contributed by atoms with Crippen molar-refractivity contribution in [3.05, 3.63) is 84.9 Å². The minimum atomic E-state index is -1.03. The average Bonchev–Trinajstić information content (AvgIpc) is 4.38. The molecule has 5 unspecified atom stereocenters. The molecule has 0 bridgehead atoms. The fourth-order valence-electron chi connectivity index (χ4n) is 10.6. The van der Waals surface area contributed by atoms with E-state index < -0.39 is 60.1 Å². The molecule has 85 heavy (non-hydrogen) atoms. The van der Waals surface area contributed by atoms with Crippen molar-refractivity contribution in [2.24, 2.45) is 25.0 Å². The second kappa shape index (κ2) is 34.1. The van der Waals surface area contributed by atoms with Crippen molar-refractivity contribution in [1.29, 1.82) is 0 Å². The molecular formula is C58H74GaN15O10Zr. The Morgan fingerprint density at radius 1 is 0.365 bits per heavy atom. The van der Waals surface area contributed by atoms with Gasteiger partial charge in [-0.1, -0.05) is 12.1 Å². The van der Waals surface area contributed by atoms with Gasteiger partial charge in [0.15, 0.2) is 29.8 Å². The molecule has 0 saturated carbocycles. The van der Waals surface area contributed by atoms with Crippen molar-refractivity contribution in [2.75, 3.05) is 98.2 Å². The van der Waals surface area contributed by atoms with Crippen LogP contribution in [-0.2, 0) is 50.2 Å². The van der Waals surface area contributed by atoms with Gasteiger partial charge in [0.05, 0.1) is 60.1 Å². The van der Waals surface area contributed by atoms with Crippen LogP contribution in [0.5, 0.6) is 0 Å². The number of fused-ring (bicyclic) bond motifs is 7. The van der Waals surface area contributed by atoms with E-state index in [-0.39, 0.29) is 46.0 Å². The van der Waals surface area contributed by atoms with Gasteiger partial charge in [0.1, 0.15) is 0 Å². The van der Waals surface area contributed by atoms with E-state index in [1.165, 1.54) is 21.5 Å². The minimum absolute atomic E-state index is 0. The summed E-state index contributed by atoms with van der Waals surface area (Å²) in [4.78, 5) is 84.5. The van der Waals surface area contributed by atoms with Gasteiger partial charge in [-0.05, 0) is 64.2 Å². The number of benzene rings is 2. The fraction of sp³-hybridized carbons (Fsp3) is 0.517. The molecule has 0 amide bonds. The number of hydrogen-bond donors (Lipinski definition) is 5. The quantitative estimate of drug-likeness (QED) is 0.0929. The molecule has 10 aliphatic rings. The molecule has 5 N–H and O–H groups in total. The predicted molar refractivity (Wildman–Crippen MR) is 310 cm³/mol. The predicted octanol–water partition coefficient (Wildman–Crippen LogP) is -4.47. The van der Waals surface area contributed by atoms with Gasteiger partial charge in [-0.2, -0.15) is 35.0 Å². The molecule has 10 aliphatic heterocycles. The summed E-state index contributed by atoms with van der Waals surface area (Å²) in [6.45, 7) is 12.7. The summed E-state index contributed by atoms with van der Waals surface area (Å²) in [5.74, 6) is -1.53. The molecule has 0 aliphatic carbocycles. The zero-order valence-electron chi connectivity index (χ0n) is 47.8. The zero-order valence-corrected chi connectivity index (χ0v) is 52.7. The maximum Gasteiger partial charge on any atom is 4.00 e. The largest absolute Gasteiger partial charge is 4.00 e. The fourth-order valence-corrected chi connectivity index (χ4v) is 10.6. The summed E-state index contributed by atoms with van der Waals surface area (Å²) in [5.41, 5.74) is 0. The summed E-state index contributed by atoms with van der Waals surface area (Å²) >= 11 is 0. The number of hydrogen-bond acceptors (Lipinski definition) is 25. The van der Waals surface area contributed by atoms with Gasteiger partial charge in [0.25, 0.3) is 0 Å². The van der Waals surface area contributed by atoms with Crippen LogP contribution in [0.1, 0.15) is 64.2 Å². The van der Waals surface area contributed by atoms with Crippen molar-refractivity contribution < 1.29 is 75.7 Å². The maximum absolute atomic E-state index is 10.6. The molecule has 0 spiro atoms. The summed E-state index contributed by atoms with van der Waals surface area (Å²) in [6, 6.07) is 26.5. The number of aliphatic imine (C=N–C) groups is 5. The van der Waals surface area contributed by atoms with Gasteiger partial charge < -0.3 is 101 Å². The average molecular weight is 1300 g/mol. The first-order chi connectivity index (χ1) is 40.3. The molecule has 5 fully saturated rings. The van der Waals surface area contributed by atoms with E-state index in [4.69, 9.17) is 0 Å². The van der Waals surface area contributed by atoms with Crippen LogP contribution in [0.3, 0.4) is 0 Å². The third kappa shape index (κ3) is 20.0. The van der Waals surface area contributed by atoms with E-state index in [0.29, 0.717) is 32.1 Å². The zero-order chi connectivity index (χ0) is 58.5. The second-order valence-electron chi connectivity index (χ2n) is 21.1. The molecule has 0 aromatic heterocycles. The monoisotopic (exact) mass is 1300 g/mol. The number of nitrogens with zero attached hydrogens (tertiary/aromatic N) is 10. The Labute approximate surface area is 527 Å². The van der Waals surface area contributed by atoms with Gasteiger partial charge in [-0.15, -0.1) is 59.3 Å². The first-order valence-corrected chi connectivity index (χ1v) is 28.8. The number of guanidine groups is 5. The van der Waals surface area contributed by atoms with Crippen molar-refractivity contribution >= 4 is 101 Å². The third-order valence-corrected chi connectivity index (χ3v) is 15.2. The minimum Gasteiger partial charge on any atom is -0.548 e. The van der Waals surface area contributed by atoms with Crippen LogP contribution in [0.15, 0.2) is 110 Å². The van der Waals surface area contributed by atoms with E-state index in [1.807, 2.05) is 0 Å². The summed E-state index contributed by atoms with van der Waals surface area (Å²) in [5, 5.41) is 72.6. The van der Waals surface area contributed by atoms with E-state index >= 15 is 0 Å². The van der Waals surface area contributed by atoms with Crippen molar-refractivity contribution in [3.8, 4) is 0 Å². The first-order valence-electron chi connectivity index (χ1n) is 28.8. The molecule has 448 valence electrons. The molecule has 4 aromatic rings. The van der Waals surface area contributed by atoms with Crippen molar-refractivity contribution in [2.45, 2.75) is 94.4 Å². The summed E-state index contributed by atoms with van der Waals surface area (Å²) in [6.07, 6.45) is 8.28. The summed E-state index contributed by atoms with van der Waals surface area (Å²) in [7, 11) is 0. The summed E-state index contributed by atoms with van der Waals surface area (Å²) < 4.78 is 0. The molecule has 25 nitrogen and oxygen atoms in total. The van der Waals surface area contributed by atoms with Crippen LogP contribution in [0.25, 0.3) is 21.5 Å². The molecule has 27 heteroatoms. The maximum atomic E-state index is 10.6. The Bertz CT molecular complexity index is 2560. The van der Waals surface area contributed by atoms with Crippen molar-refractivity contribution in [3.63, 3.8) is 0 Å². The Kier molecular flexibility index (Phi) is 26.9. The Morgan fingerprint density at radius 3 is 0.800 bits per heavy atom. The van der Waals surface area contributed by atoms with E-state index in [1.54, 1.807) is 0 Å². The van der Waals surface area contributed by atoms with Gasteiger partial charge in [-0.3, -0.25) is 25.0 Å². The number of aliphatic carboxylic acids is 5. The van der Waals surface area contributed by atoms with Crippen LogP contribution >= 0.6 is 0 Å². The number of carbonyl (C=O) groups is 5. The van der Waals surface area contributed by atoms with Gasteiger partial charge in [0, 0.05) is 98.2 Å². The van der Waals surface area contributed by atoms with E-state index in [9.17, 15) is 49.5 Å². The molecule has 4 aromatic carbocycles. The molecular weight excluding hydrogens is 1230 g/mol. The van der Waals surface area contributed by atoms with Gasteiger partial charge in [-0.25, -0.2) is 0 Å². The second-order valence-corrected chi connectivity index (χ2v) is 21.1. The van der Waals surface area contributed by atoms with Crippen molar-refractivity contribution in [1.82, 2.24) is 51.1 Å². The van der Waals surface area contributed by atoms with E-state index in [0.717, 1.165) is 160 Å². The molecule has 0 radical (unpaired) electrons. The third-order valence-electron chi connectivity index (χ3n) is 15.2. The molecule has 10 heterocycles. The standard InChI is InChI=1S/2C9H7.5C8H13N3O2.Ga.Zr/c2*1-2-5-9-7-3-6-8(9)4-1;5*12-7(13)6-2-5-11-4-1-3-9-8(11)10-6;;/h2*1-7H;5*6H,1-5H2,(H,9,10)(H,12,13);;/q2*-1;;;;;;+3;+4/p-5. The number of nitrogens with one attached hydrogen (secondary N) is 5. The topological polar surface area (TPSA) is 339 Å². The Balaban J connectivity index is 0.000000159. The normalized spacial score (nSPS) is 23.0. The van der Waals surface area contributed by atoms with Crippen LogP contribution in [-0.4, -0.2) is 232 Å². The Morgan fingerprint density at radius 2 is 0.588 bits per heavy atom. The first kappa shape index (κ1) is 67.0. The Hall–Kier alpha value is -7.12. The van der Waals surface area contributed by atoms with E-state index in [2.05, 4.69) is 161 Å². The molecule has 5 saturated heterocycles. The van der Waals surface area contributed by atoms with Crippen LogP contribution in [0, 0.1) is 0 Å². The SMILES string of the molecule is O=C([O-])C1CCN2CCCN=C2N1.O=C([O-])C1CCN2CCCN=C2N1.O=C([O-])C1CCN2CCCN=C2N1.O=C([O-])C1CCN2CCCN=C2N1.O=C([O-])C1CCN2CCCN=C2N1.[Ga+3].[Zr+4].c1ccc2[cH-]ccc2c1.c1ccc2[cH-]ccc2c1. The van der Waals surface area contributed by atoms with Gasteiger partial charge in [0.2, 0.25) is 0 Å². The molecule has 14 rings (SSSR count). The van der Waals surface area contributed by atoms with Crippen LogP contribution in [0.2, 0.25) is 0 Å². The number of carboxylic acids is 5. The van der Waals surface area contributed by atoms with Crippen LogP contribution in [0.4, 0.5) is 0 Å². The molecule has 5 atom stereocenters. The number of carboxylic acid groups (broad SMARTS) is 5. The van der Waals surface area contributed by atoms with Gasteiger partial charge >= 0.3 is 46.0 Å². The number of carbonyl (C=O) groups excluding carboxylic acids is 5. The smallest absolute Gasteiger partial charge is 0.548 e. The number of rotatable bonds is 5. The van der Waals surface area contributed by atoms with Crippen LogP contribution < -0.4 is 52.1 Å².